The number of hydrogen-bond donors (Lipinski definition) is 0. The van der Waals surface area contributed by atoms with Gasteiger partial charge in [0.2, 0.25) is 5.91 Å². The lowest BCUT2D eigenvalue weighted by Crippen LogP contribution is -2.50. The van der Waals surface area contributed by atoms with Crippen LogP contribution in [0.2, 0.25) is 0 Å². The Morgan fingerprint density at radius 1 is 1.00 bits per heavy atom. The molecule has 20 heavy (non-hydrogen) atoms. The lowest BCUT2D eigenvalue weighted by Gasteiger charge is -2.33. The summed E-state index contributed by atoms with van der Waals surface area (Å²) in [4.78, 5) is 28.3. The average molecular weight is 282 g/mol. The van der Waals surface area contributed by atoms with Crippen LogP contribution in [0.25, 0.3) is 0 Å². The van der Waals surface area contributed by atoms with E-state index in [9.17, 15) is 9.59 Å². The first-order chi connectivity index (χ1) is 9.38. The molecule has 1 atom stereocenters. The van der Waals surface area contributed by atoms with Crippen molar-refractivity contribution in [3.8, 4) is 0 Å². The number of carbonyl (C=O) groups is 2. The molecule has 2 saturated heterocycles. The van der Waals surface area contributed by atoms with Crippen LogP contribution in [0.3, 0.4) is 0 Å². The quantitative estimate of drug-likeness (QED) is 0.742. The van der Waals surface area contributed by atoms with Crippen molar-refractivity contribution in [3.05, 3.63) is 0 Å². The first-order valence-corrected chi connectivity index (χ1v) is 7.67. The summed E-state index contributed by atoms with van der Waals surface area (Å²) in [6.45, 7) is 7.83. The molecule has 5 heteroatoms. The molecule has 0 radical (unpaired) electrons. The molecule has 5 nitrogen and oxygen atoms in total. The number of rotatable bonds is 1. The molecule has 2 aliphatic heterocycles. The van der Waals surface area contributed by atoms with Crippen molar-refractivity contribution in [2.45, 2.75) is 64.5 Å². The van der Waals surface area contributed by atoms with Crippen molar-refractivity contribution in [2.75, 3.05) is 19.6 Å². The highest BCUT2D eigenvalue weighted by Gasteiger charge is 2.38. The van der Waals surface area contributed by atoms with Gasteiger partial charge in [0.1, 0.15) is 11.6 Å². The fourth-order valence-corrected chi connectivity index (χ4v) is 2.89. The first-order valence-electron chi connectivity index (χ1n) is 7.67. The topological polar surface area (TPSA) is 49.9 Å². The van der Waals surface area contributed by atoms with Crippen molar-refractivity contribution >= 4 is 12.0 Å². The number of likely N-dealkylation sites (tertiary alicyclic amines) is 2. The highest BCUT2D eigenvalue weighted by atomic mass is 16.6. The van der Waals surface area contributed by atoms with E-state index in [0.717, 1.165) is 38.8 Å². The Kier molecular flexibility index (Phi) is 4.55. The molecule has 0 spiro atoms. The Morgan fingerprint density at radius 2 is 1.65 bits per heavy atom. The van der Waals surface area contributed by atoms with Gasteiger partial charge in [-0.05, 0) is 52.9 Å². The van der Waals surface area contributed by atoms with Crippen molar-refractivity contribution < 1.29 is 14.3 Å². The minimum Gasteiger partial charge on any atom is -0.444 e. The van der Waals surface area contributed by atoms with Gasteiger partial charge >= 0.3 is 6.09 Å². The van der Waals surface area contributed by atoms with Gasteiger partial charge in [-0.25, -0.2) is 4.79 Å². The summed E-state index contributed by atoms with van der Waals surface area (Å²) >= 11 is 0. The molecule has 2 rings (SSSR count). The molecule has 1 unspecified atom stereocenters. The van der Waals surface area contributed by atoms with E-state index >= 15 is 0 Å². The summed E-state index contributed by atoms with van der Waals surface area (Å²) in [5, 5.41) is 0. The van der Waals surface area contributed by atoms with E-state index in [2.05, 4.69) is 0 Å². The van der Waals surface area contributed by atoms with Crippen LogP contribution in [0.4, 0.5) is 4.79 Å². The number of amides is 2. The van der Waals surface area contributed by atoms with Gasteiger partial charge < -0.3 is 9.64 Å². The molecule has 114 valence electrons. The van der Waals surface area contributed by atoms with E-state index in [0.29, 0.717) is 6.54 Å². The molecule has 0 bridgehead atoms. The smallest absolute Gasteiger partial charge is 0.410 e. The average Bonchev–Trinajstić information content (AvgIpc) is 2.86. The van der Waals surface area contributed by atoms with E-state index in [-0.39, 0.29) is 18.0 Å². The number of piperidine rings is 1. The molecule has 2 heterocycles. The summed E-state index contributed by atoms with van der Waals surface area (Å²) in [6, 6.07) is -0.317. The molecular weight excluding hydrogens is 256 g/mol. The fraction of sp³-hybridized carbons (Fsp3) is 0.867. The lowest BCUT2D eigenvalue weighted by molar-refractivity contribution is -0.136. The first kappa shape index (κ1) is 15.1. The van der Waals surface area contributed by atoms with Crippen LogP contribution < -0.4 is 0 Å². The van der Waals surface area contributed by atoms with E-state index in [4.69, 9.17) is 4.74 Å². The third kappa shape index (κ3) is 3.64. The van der Waals surface area contributed by atoms with Crippen LogP contribution >= 0.6 is 0 Å². The molecule has 0 aromatic carbocycles. The highest BCUT2D eigenvalue weighted by molar-refractivity contribution is 5.86. The van der Waals surface area contributed by atoms with Crippen molar-refractivity contribution in [2.24, 2.45) is 0 Å². The van der Waals surface area contributed by atoms with Gasteiger partial charge in [-0.3, -0.25) is 9.69 Å². The number of hydrogen-bond acceptors (Lipinski definition) is 3. The Balaban J connectivity index is 1.99. The predicted octanol–water partition coefficient (Wildman–Crippen LogP) is 2.40. The van der Waals surface area contributed by atoms with Gasteiger partial charge in [-0.15, -0.1) is 0 Å². The SMILES string of the molecule is CC(C)(C)OC(=O)N1CCCC1C(=O)N1CCCCC1. The largest absolute Gasteiger partial charge is 0.444 e. The third-order valence-electron chi connectivity index (χ3n) is 3.83. The van der Waals surface area contributed by atoms with E-state index in [1.165, 1.54) is 6.42 Å². The Morgan fingerprint density at radius 3 is 2.25 bits per heavy atom. The molecule has 0 saturated carbocycles. The number of carbonyl (C=O) groups excluding carboxylic acids is 2. The summed E-state index contributed by atoms with van der Waals surface area (Å²) in [6.07, 6.45) is 4.63. The van der Waals surface area contributed by atoms with Gasteiger partial charge in [-0.1, -0.05) is 0 Å². The fourth-order valence-electron chi connectivity index (χ4n) is 2.89. The van der Waals surface area contributed by atoms with Crippen LogP contribution in [0, 0.1) is 0 Å². The summed E-state index contributed by atoms with van der Waals surface area (Å²) in [7, 11) is 0. The number of nitrogens with zero attached hydrogens (tertiary/aromatic N) is 2. The van der Waals surface area contributed by atoms with Gasteiger partial charge in [-0.2, -0.15) is 0 Å². The standard InChI is InChI=1S/C15H26N2O3/c1-15(2,3)20-14(19)17-11-7-8-12(17)13(18)16-9-5-4-6-10-16/h12H,4-11H2,1-3H3. The molecule has 2 aliphatic rings. The zero-order valence-corrected chi connectivity index (χ0v) is 12.9. The molecular formula is C15H26N2O3. The van der Waals surface area contributed by atoms with Crippen LogP contribution in [0.15, 0.2) is 0 Å². The summed E-state index contributed by atoms with van der Waals surface area (Å²) in [5.41, 5.74) is -0.515. The van der Waals surface area contributed by atoms with Crippen molar-refractivity contribution in [1.82, 2.24) is 9.80 Å². The monoisotopic (exact) mass is 282 g/mol. The second-order valence-electron chi connectivity index (χ2n) is 6.72. The maximum Gasteiger partial charge on any atom is 0.410 e. The van der Waals surface area contributed by atoms with E-state index < -0.39 is 5.60 Å². The van der Waals surface area contributed by atoms with Crippen LogP contribution in [-0.2, 0) is 9.53 Å². The number of ether oxygens (including phenoxy) is 1. The maximum atomic E-state index is 12.6. The molecule has 0 aromatic heterocycles. The lowest BCUT2D eigenvalue weighted by atomic mass is 10.1. The Hall–Kier alpha value is -1.26. The second-order valence-corrected chi connectivity index (χ2v) is 6.72. The van der Waals surface area contributed by atoms with Crippen LogP contribution in [0.1, 0.15) is 52.9 Å². The molecule has 2 fully saturated rings. The third-order valence-corrected chi connectivity index (χ3v) is 3.83. The molecule has 2 amide bonds. The van der Waals surface area contributed by atoms with Crippen LogP contribution in [-0.4, -0.2) is 53.1 Å². The van der Waals surface area contributed by atoms with Gasteiger partial charge in [0.05, 0.1) is 0 Å². The minimum atomic E-state index is -0.515. The predicted molar refractivity (Wildman–Crippen MR) is 76.4 cm³/mol. The molecule has 0 aromatic rings. The van der Waals surface area contributed by atoms with Crippen molar-refractivity contribution in [3.63, 3.8) is 0 Å². The van der Waals surface area contributed by atoms with E-state index in [1.807, 2.05) is 25.7 Å². The molecule has 0 N–H and O–H groups in total. The zero-order valence-electron chi connectivity index (χ0n) is 12.9. The summed E-state index contributed by atoms with van der Waals surface area (Å²) in [5.74, 6) is 0.105. The minimum absolute atomic E-state index is 0.105. The normalized spacial score (nSPS) is 23.9. The highest BCUT2D eigenvalue weighted by Crippen LogP contribution is 2.23. The second kappa shape index (κ2) is 6.02. The van der Waals surface area contributed by atoms with Gasteiger partial charge in [0.15, 0.2) is 0 Å². The molecule has 0 aliphatic carbocycles. The van der Waals surface area contributed by atoms with E-state index in [1.54, 1.807) is 4.90 Å². The Labute approximate surface area is 121 Å². The maximum absolute atomic E-state index is 12.6. The van der Waals surface area contributed by atoms with Crippen molar-refractivity contribution in [1.29, 1.82) is 0 Å². The Bertz CT molecular complexity index is 370. The van der Waals surface area contributed by atoms with Gasteiger partial charge in [0, 0.05) is 19.6 Å². The zero-order chi connectivity index (χ0) is 14.8. The summed E-state index contributed by atoms with van der Waals surface area (Å²) < 4.78 is 5.41. The van der Waals surface area contributed by atoms with Crippen LogP contribution in [0.5, 0.6) is 0 Å². The van der Waals surface area contributed by atoms with Gasteiger partial charge in [0.25, 0.3) is 0 Å².